The lowest BCUT2D eigenvalue weighted by Gasteiger charge is -2.21. The van der Waals surface area contributed by atoms with Crippen molar-refractivity contribution in [1.29, 1.82) is 0 Å². The molecule has 2 aromatic rings. The first-order valence-electron chi connectivity index (χ1n) is 7.17. The van der Waals surface area contributed by atoms with Gasteiger partial charge in [-0.2, -0.15) is 0 Å². The van der Waals surface area contributed by atoms with Crippen LogP contribution in [0.15, 0.2) is 48.5 Å². The van der Waals surface area contributed by atoms with Crippen molar-refractivity contribution in [3.63, 3.8) is 0 Å². The Hall–Kier alpha value is -2.82. The molecule has 120 valence electrons. The number of hydrogen-bond acceptors (Lipinski definition) is 4. The van der Waals surface area contributed by atoms with Crippen LogP contribution >= 0.6 is 0 Å². The van der Waals surface area contributed by atoms with Crippen LogP contribution in [0.2, 0.25) is 0 Å². The maximum absolute atomic E-state index is 12.3. The molecule has 0 unspecified atom stereocenters. The minimum atomic E-state index is -1.06. The van der Waals surface area contributed by atoms with Gasteiger partial charge >= 0.3 is 5.97 Å². The van der Waals surface area contributed by atoms with E-state index in [1.165, 1.54) is 17.0 Å². The fraction of sp³-hybridized carbons (Fsp3) is 0.222. The van der Waals surface area contributed by atoms with Crippen molar-refractivity contribution >= 4 is 11.9 Å². The van der Waals surface area contributed by atoms with Crippen molar-refractivity contribution in [1.82, 2.24) is 4.90 Å². The molecule has 0 saturated carbocycles. The number of ether oxygens (including phenoxy) is 1. The van der Waals surface area contributed by atoms with Crippen molar-refractivity contribution < 1.29 is 19.4 Å². The van der Waals surface area contributed by atoms with E-state index in [1.54, 1.807) is 51.4 Å². The van der Waals surface area contributed by atoms with Crippen LogP contribution in [-0.2, 0) is 9.53 Å². The number of rotatable bonds is 4. The maximum Gasteiger partial charge on any atom is 0.343 e. The highest BCUT2D eigenvalue weighted by molar-refractivity contribution is 5.95. The summed E-state index contributed by atoms with van der Waals surface area (Å²) in [6, 6.07) is 13.4. The molecule has 1 N–H and O–H groups in total. The number of phenols is 1. The van der Waals surface area contributed by atoms with Crippen molar-refractivity contribution in [2.45, 2.75) is 13.0 Å². The first-order chi connectivity index (χ1) is 10.9. The summed E-state index contributed by atoms with van der Waals surface area (Å²) in [6.07, 6.45) is -1.06. The van der Waals surface area contributed by atoms with E-state index in [9.17, 15) is 14.7 Å². The lowest BCUT2D eigenvalue weighted by molar-refractivity contribution is -0.138. The molecule has 0 aliphatic heterocycles. The average Bonchev–Trinajstić information content (AvgIpc) is 2.52. The molecule has 23 heavy (non-hydrogen) atoms. The second kappa shape index (κ2) is 6.96. The average molecular weight is 313 g/mol. The fourth-order valence-electron chi connectivity index (χ4n) is 2.11. The van der Waals surface area contributed by atoms with Crippen LogP contribution in [0.5, 0.6) is 5.75 Å². The van der Waals surface area contributed by atoms with Gasteiger partial charge in [0, 0.05) is 19.7 Å². The molecule has 0 aliphatic rings. The molecule has 0 saturated heterocycles. The first kappa shape index (κ1) is 16.5. The summed E-state index contributed by atoms with van der Waals surface area (Å²) in [6.45, 7) is 1.80. The molecule has 1 amide bonds. The summed E-state index contributed by atoms with van der Waals surface area (Å²) >= 11 is 0. The van der Waals surface area contributed by atoms with Crippen molar-refractivity contribution in [2.75, 3.05) is 14.1 Å². The van der Waals surface area contributed by atoms with Gasteiger partial charge in [0.05, 0.1) is 0 Å². The molecule has 5 heteroatoms. The number of carbonyl (C=O) groups is 2. The van der Waals surface area contributed by atoms with Gasteiger partial charge in [-0.1, -0.05) is 36.4 Å². The maximum atomic E-state index is 12.3. The van der Waals surface area contributed by atoms with E-state index >= 15 is 0 Å². The topological polar surface area (TPSA) is 66.8 Å². The van der Waals surface area contributed by atoms with Gasteiger partial charge in [-0.05, 0) is 24.6 Å². The molecule has 5 nitrogen and oxygen atoms in total. The normalized spacial score (nSPS) is 11.6. The van der Waals surface area contributed by atoms with E-state index < -0.39 is 12.1 Å². The van der Waals surface area contributed by atoms with Crippen LogP contribution < -0.4 is 0 Å². The van der Waals surface area contributed by atoms with E-state index in [0.29, 0.717) is 5.56 Å². The standard InChI is InChI=1S/C18H19NO4/c1-12-9-10-14(15(20)11-12)18(22)23-16(17(21)19(2)3)13-7-5-4-6-8-13/h4-11,16,20H,1-3H3/t16-/m0/s1. The van der Waals surface area contributed by atoms with Gasteiger partial charge < -0.3 is 14.7 Å². The molecule has 0 fully saturated rings. The molecule has 2 aromatic carbocycles. The summed E-state index contributed by atoms with van der Waals surface area (Å²) in [5.74, 6) is -1.26. The Bertz CT molecular complexity index is 710. The Kier molecular flexibility index (Phi) is 5.01. The van der Waals surface area contributed by atoms with Crippen LogP contribution in [-0.4, -0.2) is 36.0 Å². The van der Waals surface area contributed by atoms with Gasteiger partial charge in [0.1, 0.15) is 11.3 Å². The second-order valence-electron chi connectivity index (χ2n) is 5.45. The zero-order valence-corrected chi connectivity index (χ0v) is 13.3. The molecular formula is C18H19NO4. The minimum absolute atomic E-state index is 0.0306. The van der Waals surface area contributed by atoms with Crippen LogP contribution in [0, 0.1) is 6.92 Å². The highest BCUT2D eigenvalue weighted by Crippen LogP contribution is 2.25. The number of phenolic OH excluding ortho intramolecular Hbond substituents is 1. The summed E-state index contributed by atoms with van der Waals surface area (Å²) in [4.78, 5) is 26.0. The summed E-state index contributed by atoms with van der Waals surface area (Å²) in [5.41, 5.74) is 1.43. The van der Waals surface area contributed by atoms with Crippen LogP contribution in [0.3, 0.4) is 0 Å². The number of carbonyl (C=O) groups excluding carboxylic acids is 2. The van der Waals surface area contributed by atoms with Gasteiger partial charge in [0.2, 0.25) is 6.10 Å². The molecule has 0 radical (unpaired) electrons. The molecular weight excluding hydrogens is 294 g/mol. The van der Waals surface area contributed by atoms with Gasteiger partial charge in [-0.15, -0.1) is 0 Å². The third kappa shape index (κ3) is 3.88. The fourth-order valence-corrected chi connectivity index (χ4v) is 2.11. The van der Waals surface area contributed by atoms with E-state index in [4.69, 9.17) is 4.74 Å². The zero-order valence-electron chi connectivity index (χ0n) is 13.3. The number of benzene rings is 2. The molecule has 1 atom stereocenters. The molecule has 0 aromatic heterocycles. The molecule has 0 bridgehead atoms. The zero-order chi connectivity index (χ0) is 17.0. The van der Waals surface area contributed by atoms with Crippen molar-refractivity contribution in [3.05, 3.63) is 65.2 Å². The van der Waals surface area contributed by atoms with Crippen LogP contribution in [0.4, 0.5) is 0 Å². The number of nitrogens with zero attached hydrogens (tertiary/aromatic N) is 1. The van der Waals surface area contributed by atoms with E-state index in [0.717, 1.165) is 5.56 Å². The van der Waals surface area contributed by atoms with Gasteiger partial charge in [0.15, 0.2) is 0 Å². The third-order valence-corrected chi connectivity index (χ3v) is 3.37. The lowest BCUT2D eigenvalue weighted by atomic mass is 10.1. The number of likely N-dealkylation sites (N-methyl/N-ethyl adjacent to an activating group) is 1. The quantitative estimate of drug-likeness (QED) is 0.881. The third-order valence-electron chi connectivity index (χ3n) is 3.37. The molecule has 2 rings (SSSR count). The van der Waals surface area contributed by atoms with Gasteiger partial charge in [-0.3, -0.25) is 4.79 Å². The Balaban J connectivity index is 2.30. The number of amides is 1. The predicted octanol–water partition coefficient (Wildman–Crippen LogP) is 2.69. The van der Waals surface area contributed by atoms with Crippen LogP contribution in [0.1, 0.15) is 27.6 Å². The van der Waals surface area contributed by atoms with Gasteiger partial charge in [0.25, 0.3) is 5.91 Å². The lowest BCUT2D eigenvalue weighted by Crippen LogP contribution is -2.31. The monoisotopic (exact) mass is 313 g/mol. The van der Waals surface area contributed by atoms with E-state index in [2.05, 4.69) is 0 Å². The number of aromatic hydroxyl groups is 1. The highest BCUT2D eigenvalue weighted by atomic mass is 16.5. The Morgan fingerprint density at radius 3 is 2.30 bits per heavy atom. The number of hydrogen-bond donors (Lipinski definition) is 1. The summed E-state index contributed by atoms with van der Waals surface area (Å²) in [5, 5.41) is 9.90. The number of esters is 1. The van der Waals surface area contributed by atoms with Crippen molar-refractivity contribution in [2.24, 2.45) is 0 Å². The molecule has 0 aliphatic carbocycles. The Morgan fingerprint density at radius 1 is 1.09 bits per heavy atom. The molecule has 0 spiro atoms. The Labute approximate surface area is 135 Å². The van der Waals surface area contributed by atoms with Crippen molar-refractivity contribution in [3.8, 4) is 5.75 Å². The van der Waals surface area contributed by atoms with E-state index in [1.807, 2.05) is 6.07 Å². The highest BCUT2D eigenvalue weighted by Gasteiger charge is 2.27. The first-order valence-corrected chi connectivity index (χ1v) is 7.17. The SMILES string of the molecule is Cc1ccc(C(=O)O[C@H](C(=O)N(C)C)c2ccccc2)c(O)c1. The van der Waals surface area contributed by atoms with Gasteiger partial charge in [-0.25, -0.2) is 4.79 Å². The summed E-state index contributed by atoms with van der Waals surface area (Å²) < 4.78 is 5.38. The predicted molar refractivity (Wildman–Crippen MR) is 86.1 cm³/mol. The smallest absolute Gasteiger partial charge is 0.343 e. The largest absolute Gasteiger partial charge is 0.507 e. The minimum Gasteiger partial charge on any atom is -0.507 e. The summed E-state index contributed by atoms with van der Waals surface area (Å²) in [7, 11) is 3.19. The van der Waals surface area contributed by atoms with Crippen LogP contribution in [0.25, 0.3) is 0 Å². The van der Waals surface area contributed by atoms with E-state index in [-0.39, 0.29) is 17.2 Å². The number of aryl methyl sites for hydroxylation is 1. The molecule has 0 heterocycles. The second-order valence-corrected chi connectivity index (χ2v) is 5.45. The Morgan fingerprint density at radius 2 is 1.74 bits per heavy atom.